The van der Waals surface area contributed by atoms with E-state index in [0.29, 0.717) is 18.7 Å². The Morgan fingerprint density at radius 1 is 1.26 bits per heavy atom. The molecule has 2 heterocycles. The van der Waals surface area contributed by atoms with Gasteiger partial charge in [-0.15, -0.1) is 0 Å². The molecule has 0 radical (unpaired) electrons. The maximum Gasteiger partial charge on any atom is 0.249 e. The Kier molecular flexibility index (Phi) is 3.50. The van der Waals surface area contributed by atoms with E-state index in [1.807, 2.05) is 0 Å². The summed E-state index contributed by atoms with van der Waals surface area (Å²) in [5, 5.41) is 5.29. The average molecular weight is 262 g/mol. The molecule has 1 unspecified atom stereocenters. The van der Waals surface area contributed by atoms with Gasteiger partial charge in [0.15, 0.2) is 0 Å². The minimum absolute atomic E-state index is 0.0554. The lowest BCUT2D eigenvalue weighted by atomic mass is 9.93. The monoisotopic (exact) mass is 262 g/mol. The SMILES string of the molecule is CC(C)(C)c1cnc(NC2CCC(=O)NC2=O)cn1. The Morgan fingerprint density at radius 2 is 2.00 bits per heavy atom. The number of amides is 2. The third-order valence-electron chi connectivity index (χ3n) is 2.98. The Labute approximate surface area is 112 Å². The summed E-state index contributed by atoms with van der Waals surface area (Å²) in [7, 11) is 0. The summed E-state index contributed by atoms with van der Waals surface area (Å²) in [5.74, 6) is 0.0117. The van der Waals surface area contributed by atoms with Crippen molar-refractivity contribution in [2.24, 2.45) is 0 Å². The van der Waals surface area contributed by atoms with Crippen LogP contribution in [0.3, 0.4) is 0 Å². The second-order valence-corrected chi connectivity index (χ2v) is 5.68. The molecule has 0 aromatic carbocycles. The standard InChI is InChI=1S/C13H18N4O2/c1-13(2,3)9-6-15-10(7-14-9)16-8-4-5-11(18)17-12(8)19/h6-8H,4-5H2,1-3H3,(H,15,16)(H,17,18,19). The zero-order chi connectivity index (χ0) is 14.0. The van der Waals surface area contributed by atoms with E-state index < -0.39 is 6.04 Å². The summed E-state index contributed by atoms with van der Waals surface area (Å²) in [4.78, 5) is 31.2. The number of anilines is 1. The van der Waals surface area contributed by atoms with Crippen LogP contribution in [-0.2, 0) is 15.0 Å². The highest BCUT2D eigenvalue weighted by Gasteiger charge is 2.26. The van der Waals surface area contributed by atoms with Crippen LogP contribution in [0.2, 0.25) is 0 Å². The van der Waals surface area contributed by atoms with Gasteiger partial charge in [-0.1, -0.05) is 20.8 Å². The number of nitrogens with one attached hydrogen (secondary N) is 2. The van der Waals surface area contributed by atoms with Gasteiger partial charge in [-0.3, -0.25) is 19.9 Å². The third kappa shape index (κ3) is 3.27. The van der Waals surface area contributed by atoms with Crippen molar-refractivity contribution in [3.05, 3.63) is 18.1 Å². The van der Waals surface area contributed by atoms with Gasteiger partial charge in [0.2, 0.25) is 11.8 Å². The minimum Gasteiger partial charge on any atom is -0.357 e. The van der Waals surface area contributed by atoms with Crippen molar-refractivity contribution in [2.45, 2.75) is 45.1 Å². The van der Waals surface area contributed by atoms with Crippen molar-refractivity contribution in [3.8, 4) is 0 Å². The maximum atomic E-state index is 11.6. The number of imide groups is 1. The Morgan fingerprint density at radius 3 is 2.53 bits per heavy atom. The predicted octanol–water partition coefficient (Wildman–Crippen LogP) is 0.991. The molecular weight excluding hydrogens is 244 g/mol. The number of piperidine rings is 1. The summed E-state index contributed by atoms with van der Waals surface area (Å²) < 4.78 is 0. The van der Waals surface area contributed by atoms with Crippen molar-refractivity contribution < 1.29 is 9.59 Å². The van der Waals surface area contributed by atoms with Crippen LogP contribution in [0.1, 0.15) is 39.3 Å². The van der Waals surface area contributed by atoms with Crippen molar-refractivity contribution >= 4 is 17.6 Å². The van der Waals surface area contributed by atoms with Gasteiger partial charge in [0.25, 0.3) is 0 Å². The van der Waals surface area contributed by atoms with Gasteiger partial charge >= 0.3 is 0 Å². The smallest absolute Gasteiger partial charge is 0.249 e. The number of carbonyl (C=O) groups excluding carboxylic acids is 2. The molecule has 6 heteroatoms. The zero-order valence-corrected chi connectivity index (χ0v) is 11.4. The number of hydrogen-bond donors (Lipinski definition) is 2. The highest BCUT2D eigenvalue weighted by Crippen LogP contribution is 2.19. The molecule has 2 N–H and O–H groups in total. The second-order valence-electron chi connectivity index (χ2n) is 5.68. The molecule has 2 amide bonds. The van der Waals surface area contributed by atoms with E-state index >= 15 is 0 Å². The normalized spacial score (nSPS) is 20.1. The molecule has 102 valence electrons. The second kappa shape index (κ2) is 4.95. The highest BCUT2D eigenvalue weighted by molar-refractivity contribution is 6.01. The summed E-state index contributed by atoms with van der Waals surface area (Å²) in [6.07, 6.45) is 4.14. The first-order valence-corrected chi connectivity index (χ1v) is 6.29. The number of rotatable bonds is 2. The van der Waals surface area contributed by atoms with Crippen molar-refractivity contribution in [1.82, 2.24) is 15.3 Å². The summed E-state index contributed by atoms with van der Waals surface area (Å²) in [5.41, 5.74) is 0.835. The van der Waals surface area contributed by atoms with Crippen molar-refractivity contribution in [3.63, 3.8) is 0 Å². The third-order valence-corrected chi connectivity index (χ3v) is 2.98. The Bertz CT molecular complexity index is 490. The molecule has 2 rings (SSSR count). The molecule has 0 spiro atoms. The molecule has 1 atom stereocenters. The average Bonchev–Trinajstić information content (AvgIpc) is 2.32. The van der Waals surface area contributed by atoms with E-state index in [0.717, 1.165) is 5.69 Å². The largest absolute Gasteiger partial charge is 0.357 e. The lowest BCUT2D eigenvalue weighted by molar-refractivity contribution is -0.133. The number of nitrogens with zero attached hydrogens (tertiary/aromatic N) is 2. The molecule has 0 saturated carbocycles. The van der Waals surface area contributed by atoms with Gasteiger partial charge in [-0.2, -0.15) is 0 Å². The summed E-state index contributed by atoms with van der Waals surface area (Å²) >= 11 is 0. The van der Waals surface area contributed by atoms with Crippen LogP contribution in [0.15, 0.2) is 12.4 Å². The summed E-state index contributed by atoms with van der Waals surface area (Å²) in [6.45, 7) is 6.18. The molecule has 1 aromatic rings. The van der Waals surface area contributed by atoms with Gasteiger partial charge in [-0.25, -0.2) is 4.98 Å². The van der Waals surface area contributed by atoms with E-state index in [4.69, 9.17) is 0 Å². The quantitative estimate of drug-likeness (QED) is 0.776. The van der Waals surface area contributed by atoms with Crippen LogP contribution in [0.25, 0.3) is 0 Å². The number of carbonyl (C=O) groups is 2. The zero-order valence-electron chi connectivity index (χ0n) is 11.4. The maximum absolute atomic E-state index is 11.6. The molecular formula is C13H18N4O2. The molecule has 0 aliphatic carbocycles. The van der Waals surface area contributed by atoms with E-state index in [2.05, 4.69) is 41.4 Å². The van der Waals surface area contributed by atoms with Gasteiger partial charge in [-0.05, 0) is 6.42 Å². The molecule has 0 bridgehead atoms. The topological polar surface area (TPSA) is 84.0 Å². The molecule has 1 aromatic heterocycles. The highest BCUT2D eigenvalue weighted by atomic mass is 16.2. The minimum atomic E-state index is -0.424. The first-order valence-electron chi connectivity index (χ1n) is 6.29. The van der Waals surface area contributed by atoms with E-state index in [9.17, 15) is 9.59 Å². The fourth-order valence-corrected chi connectivity index (χ4v) is 1.80. The molecule has 1 aliphatic rings. The van der Waals surface area contributed by atoms with Crippen LogP contribution in [0.4, 0.5) is 5.82 Å². The molecule has 1 fully saturated rings. The lowest BCUT2D eigenvalue weighted by Gasteiger charge is -2.22. The molecule has 19 heavy (non-hydrogen) atoms. The van der Waals surface area contributed by atoms with Crippen molar-refractivity contribution in [1.29, 1.82) is 0 Å². The Hall–Kier alpha value is -1.98. The van der Waals surface area contributed by atoms with Crippen LogP contribution >= 0.6 is 0 Å². The number of hydrogen-bond acceptors (Lipinski definition) is 5. The van der Waals surface area contributed by atoms with Gasteiger partial charge < -0.3 is 5.32 Å². The van der Waals surface area contributed by atoms with Crippen LogP contribution < -0.4 is 10.6 Å². The Balaban J connectivity index is 2.04. The molecule has 6 nitrogen and oxygen atoms in total. The fourth-order valence-electron chi connectivity index (χ4n) is 1.80. The molecule has 1 aliphatic heterocycles. The van der Waals surface area contributed by atoms with E-state index in [1.54, 1.807) is 12.4 Å². The van der Waals surface area contributed by atoms with E-state index in [-0.39, 0.29) is 17.2 Å². The van der Waals surface area contributed by atoms with Crippen LogP contribution in [0, 0.1) is 0 Å². The first-order chi connectivity index (χ1) is 8.86. The van der Waals surface area contributed by atoms with Crippen LogP contribution in [-0.4, -0.2) is 27.8 Å². The van der Waals surface area contributed by atoms with Gasteiger partial charge in [0.1, 0.15) is 11.9 Å². The van der Waals surface area contributed by atoms with Gasteiger partial charge in [0, 0.05) is 11.8 Å². The lowest BCUT2D eigenvalue weighted by Crippen LogP contribution is -2.47. The summed E-state index contributed by atoms with van der Waals surface area (Å²) in [6, 6.07) is -0.424. The predicted molar refractivity (Wildman–Crippen MR) is 70.5 cm³/mol. The van der Waals surface area contributed by atoms with Gasteiger partial charge in [0.05, 0.1) is 18.1 Å². The van der Waals surface area contributed by atoms with Crippen molar-refractivity contribution in [2.75, 3.05) is 5.32 Å². The fraction of sp³-hybridized carbons (Fsp3) is 0.538. The first kappa shape index (κ1) is 13.5. The molecule has 1 saturated heterocycles. The van der Waals surface area contributed by atoms with E-state index in [1.165, 1.54) is 0 Å². The number of aromatic nitrogens is 2. The van der Waals surface area contributed by atoms with Crippen LogP contribution in [0.5, 0.6) is 0 Å².